The van der Waals surface area contributed by atoms with Crippen molar-refractivity contribution in [2.45, 2.75) is 39.5 Å². The molecule has 1 aromatic carbocycles. The molecule has 134 valence electrons. The third kappa shape index (κ3) is 10.0. The first-order valence-electron chi connectivity index (χ1n) is 8.39. The zero-order valence-corrected chi connectivity index (χ0v) is 16.3. The molecule has 0 unspecified atom stereocenters. The summed E-state index contributed by atoms with van der Waals surface area (Å²) in [5, 5.41) is 2.77. The van der Waals surface area contributed by atoms with Crippen LogP contribution in [0.15, 0.2) is 43.0 Å². The highest BCUT2D eigenvalue weighted by molar-refractivity contribution is 5.91. The molecule has 0 aliphatic carbocycles. The van der Waals surface area contributed by atoms with Crippen molar-refractivity contribution >= 4 is 12.0 Å². The van der Waals surface area contributed by atoms with Crippen molar-refractivity contribution in [3.05, 3.63) is 54.1 Å². The predicted molar refractivity (Wildman–Crippen MR) is 106 cm³/mol. The molecule has 0 radical (unpaired) electrons. The smallest absolute Gasteiger partial charge is 0.246 e. The summed E-state index contributed by atoms with van der Waals surface area (Å²) in [6.07, 6.45) is 2.85. The van der Waals surface area contributed by atoms with Gasteiger partial charge in [0.05, 0.1) is 0 Å². The molecule has 3 nitrogen and oxygen atoms in total. The van der Waals surface area contributed by atoms with Gasteiger partial charge in [-0.05, 0) is 50.5 Å². The average molecular weight is 331 g/mol. The van der Waals surface area contributed by atoms with E-state index in [1.165, 1.54) is 11.1 Å². The van der Waals surface area contributed by atoms with Crippen molar-refractivity contribution in [1.82, 2.24) is 10.2 Å². The minimum atomic E-state index is -0.0474. The van der Waals surface area contributed by atoms with Gasteiger partial charge in [0.2, 0.25) is 5.91 Å². The molecule has 1 rings (SSSR count). The number of carbonyl (C=O) groups is 1. The Labute approximate surface area is 148 Å². The van der Waals surface area contributed by atoms with Crippen molar-refractivity contribution in [1.29, 1.82) is 0 Å². The van der Waals surface area contributed by atoms with Crippen LogP contribution in [0.1, 0.15) is 45.2 Å². The van der Waals surface area contributed by atoms with Gasteiger partial charge in [-0.15, -0.1) is 0 Å². The summed E-state index contributed by atoms with van der Waals surface area (Å²) in [7, 11) is 4.03. The van der Waals surface area contributed by atoms with E-state index in [1.54, 1.807) is 6.92 Å². The van der Waals surface area contributed by atoms with E-state index in [2.05, 4.69) is 68.4 Å². The maximum atomic E-state index is 11.0. The molecule has 0 spiro atoms. The molecule has 1 amide bonds. The zero-order valence-electron chi connectivity index (χ0n) is 16.3. The average Bonchev–Trinajstić information content (AvgIpc) is 2.51. The highest BCUT2D eigenvalue weighted by atomic mass is 16.1. The number of nitrogens with one attached hydrogen (secondary N) is 1. The first-order chi connectivity index (χ1) is 11.1. The number of nitrogens with zero attached hydrogens (tertiary/aromatic N) is 1. The molecule has 1 aromatic rings. The minimum absolute atomic E-state index is 0.0474. The molecule has 0 fully saturated rings. The number of amides is 1. The van der Waals surface area contributed by atoms with Crippen LogP contribution in [-0.2, 0) is 10.2 Å². The van der Waals surface area contributed by atoms with Gasteiger partial charge in [-0.1, -0.05) is 64.3 Å². The Bertz CT molecular complexity index is 522. The Morgan fingerprint density at radius 3 is 2.12 bits per heavy atom. The summed E-state index contributed by atoms with van der Waals surface area (Å²) < 4.78 is 0. The van der Waals surface area contributed by atoms with E-state index in [1.807, 2.05) is 20.2 Å². The molecule has 1 N–H and O–H groups in total. The van der Waals surface area contributed by atoms with Gasteiger partial charge < -0.3 is 10.2 Å². The Morgan fingerprint density at radius 1 is 1.21 bits per heavy atom. The molecule has 0 saturated heterocycles. The highest BCUT2D eigenvalue weighted by Crippen LogP contribution is 2.22. The monoisotopic (exact) mass is 330 g/mol. The summed E-state index contributed by atoms with van der Waals surface area (Å²) >= 11 is 0. The molecule has 0 aliphatic rings. The van der Waals surface area contributed by atoms with E-state index < -0.39 is 0 Å². The lowest BCUT2D eigenvalue weighted by atomic mass is 9.87. The van der Waals surface area contributed by atoms with Gasteiger partial charge in [-0.2, -0.15) is 0 Å². The second-order valence-electron chi connectivity index (χ2n) is 7.27. The Kier molecular flexibility index (Phi) is 9.98. The SMILES string of the molecule is C=C(C)C(=O)NCCCN(C)C.C=Cc1ccc(C(C)(C)C)cc1. The van der Waals surface area contributed by atoms with E-state index >= 15 is 0 Å². The van der Waals surface area contributed by atoms with E-state index in [9.17, 15) is 4.79 Å². The lowest BCUT2D eigenvalue weighted by Crippen LogP contribution is -2.27. The van der Waals surface area contributed by atoms with Crippen LogP contribution in [0.3, 0.4) is 0 Å². The molecule has 3 heteroatoms. The van der Waals surface area contributed by atoms with Crippen molar-refractivity contribution in [2.24, 2.45) is 0 Å². The molecule has 0 heterocycles. The van der Waals surface area contributed by atoms with Crippen LogP contribution in [-0.4, -0.2) is 38.0 Å². The molecule has 0 bridgehead atoms. The number of hydrogen-bond donors (Lipinski definition) is 1. The first-order valence-corrected chi connectivity index (χ1v) is 8.39. The fraction of sp³-hybridized carbons (Fsp3) is 0.476. The van der Waals surface area contributed by atoms with Gasteiger partial charge in [-0.25, -0.2) is 0 Å². The van der Waals surface area contributed by atoms with Crippen LogP contribution >= 0.6 is 0 Å². The fourth-order valence-electron chi connectivity index (χ4n) is 1.87. The first kappa shape index (κ1) is 22.1. The van der Waals surface area contributed by atoms with Gasteiger partial charge in [0.15, 0.2) is 0 Å². The third-order valence-electron chi connectivity index (χ3n) is 3.47. The summed E-state index contributed by atoms with van der Waals surface area (Å²) in [5.41, 5.74) is 3.37. The minimum Gasteiger partial charge on any atom is -0.352 e. The number of carbonyl (C=O) groups excluding carboxylic acids is 1. The normalized spacial score (nSPS) is 10.6. The van der Waals surface area contributed by atoms with Crippen molar-refractivity contribution < 1.29 is 4.79 Å². The van der Waals surface area contributed by atoms with Crippen LogP contribution in [0.5, 0.6) is 0 Å². The molecule has 0 saturated carbocycles. The maximum absolute atomic E-state index is 11.0. The second kappa shape index (κ2) is 10.8. The van der Waals surface area contributed by atoms with Crippen LogP contribution in [0.2, 0.25) is 0 Å². The lowest BCUT2D eigenvalue weighted by molar-refractivity contribution is -0.117. The Balaban J connectivity index is 0.000000441. The van der Waals surface area contributed by atoms with E-state index in [-0.39, 0.29) is 11.3 Å². The van der Waals surface area contributed by atoms with Gasteiger partial charge in [0.1, 0.15) is 0 Å². The van der Waals surface area contributed by atoms with E-state index in [0.29, 0.717) is 5.57 Å². The van der Waals surface area contributed by atoms with Gasteiger partial charge in [0.25, 0.3) is 0 Å². The Morgan fingerprint density at radius 2 is 1.75 bits per heavy atom. The van der Waals surface area contributed by atoms with Gasteiger partial charge in [-0.3, -0.25) is 4.79 Å². The predicted octanol–water partition coefficient (Wildman–Crippen LogP) is 4.26. The van der Waals surface area contributed by atoms with E-state index in [0.717, 1.165) is 19.5 Å². The topological polar surface area (TPSA) is 32.3 Å². The second-order valence-corrected chi connectivity index (χ2v) is 7.27. The van der Waals surface area contributed by atoms with Crippen LogP contribution in [0.25, 0.3) is 6.08 Å². The fourth-order valence-corrected chi connectivity index (χ4v) is 1.87. The summed E-state index contributed by atoms with van der Waals surface area (Å²) in [6, 6.07) is 8.54. The van der Waals surface area contributed by atoms with Crippen molar-refractivity contribution in [3.8, 4) is 0 Å². The van der Waals surface area contributed by atoms with Gasteiger partial charge >= 0.3 is 0 Å². The Hall–Kier alpha value is -1.87. The quantitative estimate of drug-likeness (QED) is 0.624. The van der Waals surface area contributed by atoms with Crippen molar-refractivity contribution in [2.75, 3.05) is 27.2 Å². The van der Waals surface area contributed by atoms with Crippen LogP contribution in [0.4, 0.5) is 0 Å². The molecular formula is C21H34N2O. The van der Waals surface area contributed by atoms with E-state index in [4.69, 9.17) is 0 Å². The molecule has 0 aromatic heterocycles. The standard InChI is InChI=1S/C12H16.C9H18N2O/c1-5-10-6-8-11(9-7-10)12(2,3)4;1-8(2)9(12)10-6-5-7-11(3)4/h5-9H,1H2,2-4H3;1,5-7H2,2-4H3,(H,10,12). The van der Waals surface area contributed by atoms with Crippen LogP contribution < -0.4 is 5.32 Å². The highest BCUT2D eigenvalue weighted by Gasteiger charge is 2.12. The molecule has 0 atom stereocenters. The molecule has 24 heavy (non-hydrogen) atoms. The zero-order chi connectivity index (χ0) is 18.8. The van der Waals surface area contributed by atoms with Crippen molar-refractivity contribution in [3.63, 3.8) is 0 Å². The number of rotatable bonds is 6. The number of benzene rings is 1. The third-order valence-corrected chi connectivity index (χ3v) is 3.47. The lowest BCUT2D eigenvalue weighted by Gasteiger charge is -2.18. The number of hydrogen-bond acceptors (Lipinski definition) is 2. The molecular weight excluding hydrogens is 296 g/mol. The molecule has 0 aliphatic heterocycles. The largest absolute Gasteiger partial charge is 0.352 e. The maximum Gasteiger partial charge on any atom is 0.246 e. The summed E-state index contributed by atoms with van der Waals surface area (Å²) in [5.74, 6) is -0.0474. The van der Waals surface area contributed by atoms with Crippen LogP contribution in [0, 0.1) is 0 Å². The summed E-state index contributed by atoms with van der Waals surface area (Å²) in [6.45, 7) is 17.4. The van der Waals surface area contributed by atoms with Gasteiger partial charge in [0, 0.05) is 12.1 Å². The summed E-state index contributed by atoms with van der Waals surface area (Å²) in [4.78, 5) is 13.1.